The largest absolute Gasteiger partial charge is 0.493 e. The first-order valence-corrected chi connectivity index (χ1v) is 7.11. The summed E-state index contributed by atoms with van der Waals surface area (Å²) in [7, 11) is 0. The molecule has 0 spiro atoms. The minimum atomic E-state index is 0.277. The zero-order valence-corrected chi connectivity index (χ0v) is 12.8. The van der Waals surface area contributed by atoms with Gasteiger partial charge in [0, 0.05) is 22.5 Å². The molecule has 1 aliphatic heterocycles. The number of benzene rings is 1. The highest BCUT2D eigenvalue weighted by Gasteiger charge is 2.17. The molecule has 0 amide bonds. The van der Waals surface area contributed by atoms with E-state index in [1.54, 1.807) is 0 Å². The van der Waals surface area contributed by atoms with E-state index < -0.39 is 0 Å². The van der Waals surface area contributed by atoms with Crippen molar-refractivity contribution in [3.63, 3.8) is 0 Å². The molecule has 1 heterocycles. The molecule has 1 aromatic rings. The Labute approximate surface area is 121 Å². The molecule has 104 valence electrons. The van der Waals surface area contributed by atoms with Gasteiger partial charge in [0.25, 0.3) is 0 Å². The SMILES string of the molecule is CC(C)NC(=NCc1cc(Br)cc2c1OCC2)NN. The van der Waals surface area contributed by atoms with E-state index in [-0.39, 0.29) is 6.04 Å². The van der Waals surface area contributed by atoms with Crippen molar-refractivity contribution >= 4 is 21.9 Å². The van der Waals surface area contributed by atoms with E-state index in [1.165, 1.54) is 5.56 Å². The lowest BCUT2D eigenvalue weighted by molar-refractivity contribution is 0.353. The van der Waals surface area contributed by atoms with Crippen LogP contribution in [0, 0.1) is 0 Å². The quantitative estimate of drug-likeness (QED) is 0.342. The maximum Gasteiger partial charge on any atom is 0.206 e. The number of fused-ring (bicyclic) bond motifs is 1. The number of nitrogens with zero attached hydrogens (tertiary/aromatic N) is 1. The van der Waals surface area contributed by atoms with Gasteiger partial charge in [0.1, 0.15) is 5.75 Å². The number of hydrazine groups is 1. The molecule has 0 fully saturated rings. The van der Waals surface area contributed by atoms with E-state index in [0.29, 0.717) is 12.5 Å². The summed E-state index contributed by atoms with van der Waals surface area (Å²) in [4.78, 5) is 4.44. The van der Waals surface area contributed by atoms with Crippen molar-refractivity contribution in [3.8, 4) is 5.75 Å². The van der Waals surface area contributed by atoms with Gasteiger partial charge in [0.15, 0.2) is 0 Å². The molecule has 0 atom stereocenters. The van der Waals surface area contributed by atoms with Crippen LogP contribution >= 0.6 is 15.9 Å². The lowest BCUT2D eigenvalue weighted by Gasteiger charge is -2.13. The summed E-state index contributed by atoms with van der Waals surface area (Å²) < 4.78 is 6.73. The number of guanidine groups is 1. The molecule has 0 aliphatic carbocycles. The fourth-order valence-corrected chi connectivity index (χ4v) is 2.59. The summed E-state index contributed by atoms with van der Waals surface area (Å²) in [5, 5.41) is 3.14. The molecule has 1 aromatic carbocycles. The Hall–Kier alpha value is -1.27. The zero-order valence-electron chi connectivity index (χ0n) is 11.2. The molecule has 5 nitrogen and oxygen atoms in total. The average molecular weight is 327 g/mol. The number of ether oxygens (including phenoxy) is 1. The molecule has 2 rings (SSSR count). The Morgan fingerprint density at radius 2 is 2.32 bits per heavy atom. The molecule has 4 N–H and O–H groups in total. The van der Waals surface area contributed by atoms with E-state index in [2.05, 4.69) is 37.7 Å². The maximum atomic E-state index is 5.67. The highest BCUT2D eigenvalue weighted by atomic mass is 79.9. The van der Waals surface area contributed by atoms with Crippen LogP contribution in [0.25, 0.3) is 0 Å². The van der Waals surface area contributed by atoms with Gasteiger partial charge in [-0.25, -0.2) is 10.8 Å². The van der Waals surface area contributed by atoms with Gasteiger partial charge in [-0.1, -0.05) is 15.9 Å². The van der Waals surface area contributed by atoms with Gasteiger partial charge < -0.3 is 10.1 Å². The number of nitrogens with one attached hydrogen (secondary N) is 2. The Bertz CT molecular complexity index is 488. The van der Waals surface area contributed by atoms with E-state index in [1.807, 2.05) is 19.9 Å². The van der Waals surface area contributed by atoms with Crippen molar-refractivity contribution in [3.05, 3.63) is 27.7 Å². The van der Waals surface area contributed by atoms with Crippen molar-refractivity contribution in [2.45, 2.75) is 32.9 Å². The van der Waals surface area contributed by atoms with Crippen LogP contribution in [0.3, 0.4) is 0 Å². The van der Waals surface area contributed by atoms with E-state index >= 15 is 0 Å². The second-order valence-corrected chi connectivity index (χ2v) is 5.68. The fourth-order valence-electron chi connectivity index (χ4n) is 2.03. The van der Waals surface area contributed by atoms with Crippen molar-refractivity contribution in [2.75, 3.05) is 6.61 Å². The fraction of sp³-hybridized carbons (Fsp3) is 0.462. The van der Waals surface area contributed by atoms with Gasteiger partial charge in [-0.05, 0) is 31.5 Å². The molecule has 0 unspecified atom stereocenters. The standard InChI is InChI=1S/C13H19BrN4O/c1-8(2)17-13(18-15)16-7-10-6-11(14)5-9-3-4-19-12(9)10/h5-6,8H,3-4,7,15H2,1-2H3,(H2,16,17,18). The van der Waals surface area contributed by atoms with Crippen LogP contribution in [-0.2, 0) is 13.0 Å². The van der Waals surface area contributed by atoms with Crippen LogP contribution in [0.2, 0.25) is 0 Å². The monoisotopic (exact) mass is 326 g/mol. The molecular formula is C13H19BrN4O. The minimum Gasteiger partial charge on any atom is -0.493 e. The summed E-state index contributed by atoms with van der Waals surface area (Å²) in [6, 6.07) is 4.42. The van der Waals surface area contributed by atoms with E-state index in [9.17, 15) is 0 Å². The van der Waals surface area contributed by atoms with Crippen LogP contribution < -0.4 is 21.3 Å². The van der Waals surface area contributed by atoms with Crippen LogP contribution in [0.4, 0.5) is 0 Å². The number of hydrogen-bond acceptors (Lipinski definition) is 3. The number of hydrogen-bond donors (Lipinski definition) is 3. The van der Waals surface area contributed by atoms with Gasteiger partial charge in [0.2, 0.25) is 5.96 Å². The summed E-state index contributed by atoms with van der Waals surface area (Å²) in [6.45, 7) is 5.34. The normalized spacial score (nSPS) is 14.3. The first-order chi connectivity index (χ1) is 9.10. The van der Waals surface area contributed by atoms with Crippen molar-refractivity contribution in [1.29, 1.82) is 0 Å². The third kappa shape index (κ3) is 3.61. The molecule has 0 saturated carbocycles. The summed E-state index contributed by atoms with van der Waals surface area (Å²) >= 11 is 3.52. The topological polar surface area (TPSA) is 71.7 Å². The summed E-state index contributed by atoms with van der Waals surface area (Å²) in [5.74, 6) is 6.99. The Morgan fingerprint density at radius 1 is 1.53 bits per heavy atom. The average Bonchev–Trinajstić information content (AvgIpc) is 2.81. The number of rotatable bonds is 3. The third-order valence-corrected chi connectivity index (χ3v) is 3.25. The second-order valence-electron chi connectivity index (χ2n) is 4.76. The van der Waals surface area contributed by atoms with Crippen LogP contribution in [-0.4, -0.2) is 18.6 Å². The Balaban J connectivity index is 2.17. The van der Waals surface area contributed by atoms with Gasteiger partial charge in [-0.2, -0.15) is 0 Å². The van der Waals surface area contributed by atoms with Gasteiger partial charge in [0.05, 0.1) is 13.2 Å². The van der Waals surface area contributed by atoms with E-state index in [4.69, 9.17) is 10.6 Å². The molecule has 0 saturated heterocycles. The Morgan fingerprint density at radius 3 is 3.00 bits per heavy atom. The third-order valence-electron chi connectivity index (χ3n) is 2.79. The first-order valence-electron chi connectivity index (χ1n) is 6.32. The van der Waals surface area contributed by atoms with Crippen molar-refractivity contribution in [2.24, 2.45) is 10.8 Å². The molecule has 0 bridgehead atoms. The van der Waals surface area contributed by atoms with E-state index in [0.717, 1.165) is 28.8 Å². The lowest BCUT2D eigenvalue weighted by Crippen LogP contribution is -2.44. The molecular weight excluding hydrogens is 308 g/mol. The van der Waals surface area contributed by atoms with Crippen molar-refractivity contribution < 1.29 is 4.74 Å². The highest BCUT2D eigenvalue weighted by molar-refractivity contribution is 9.10. The predicted octanol–water partition coefficient (Wildman–Crippen LogP) is 1.70. The molecule has 19 heavy (non-hydrogen) atoms. The number of nitrogens with two attached hydrogens (primary N) is 1. The van der Waals surface area contributed by atoms with Crippen molar-refractivity contribution in [1.82, 2.24) is 10.7 Å². The first kappa shape index (κ1) is 14.1. The maximum absolute atomic E-state index is 5.67. The smallest absolute Gasteiger partial charge is 0.206 e. The van der Waals surface area contributed by atoms with Crippen LogP contribution in [0.1, 0.15) is 25.0 Å². The van der Waals surface area contributed by atoms with Crippen LogP contribution in [0.15, 0.2) is 21.6 Å². The summed E-state index contributed by atoms with van der Waals surface area (Å²) in [6.07, 6.45) is 0.956. The number of halogens is 1. The Kier molecular flexibility index (Phi) is 4.66. The highest BCUT2D eigenvalue weighted by Crippen LogP contribution is 2.33. The lowest BCUT2D eigenvalue weighted by atomic mass is 10.1. The van der Waals surface area contributed by atoms with Gasteiger partial charge in [-0.3, -0.25) is 5.43 Å². The summed E-state index contributed by atoms with van der Waals surface area (Å²) in [5.41, 5.74) is 4.88. The molecule has 0 radical (unpaired) electrons. The zero-order chi connectivity index (χ0) is 13.8. The predicted molar refractivity (Wildman–Crippen MR) is 80.1 cm³/mol. The number of aliphatic imine (C=N–C) groups is 1. The van der Waals surface area contributed by atoms with Gasteiger partial charge in [-0.15, -0.1) is 0 Å². The second kappa shape index (κ2) is 6.25. The minimum absolute atomic E-state index is 0.277. The van der Waals surface area contributed by atoms with Crippen LogP contribution in [0.5, 0.6) is 5.75 Å². The van der Waals surface area contributed by atoms with Gasteiger partial charge >= 0.3 is 0 Å². The molecule has 1 aliphatic rings. The molecule has 0 aromatic heterocycles. The molecule has 6 heteroatoms.